The molecule has 0 radical (unpaired) electrons. The first-order valence-corrected chi connectivity index (χ1v) is 5.09. The fourth-order valence-electron chi connectivity index (χ4n) is 1.70. The molecule has 0 unspecified atom stereocenters. The largest absolute Gasteiger partial charge is 0.396 e. The second kappa shape index (κ2) is 4.94. The van der Waals surface area contributed by atoms with Crippen LogP contribution < -0.4 is 0 Å². The van der Waals surface area contributed by atoms with Gasteiger partial charge in [-0.3, -0.25) is 0 Å². The van der Waals surface area contributed by atoms with E-state index in [-0.39, 0.29) is 12.0 Å². The molecule has 13 heavy (non-hydrogen) atoms. The number of hydrogen-bond acceptors (Lipinski definition) is 3. The molecule has 3 heteroatoms. The Kier molecular flexibility index (Phi) is 4.16. The Morgan fingerprint density at radius 3 is 2.54 bits per heavy atom. The Hall–Kier alpha value is -0.120. The van der Waals surface area contributed by atoms with Crippen LogP contribution in [0.5, 0.6) is 0 Å². The number of rotatable bonds is 6. The van der Waals surface area contributed by atoms with Gasteiger partial charge in [0.2, 0.25) is 0 Å². The van der Waals surface area contributed by atoms with Crippen LogP contribution in [0.15, 0.2) is 0 Å². The molecule has 3 nitrogen and oxygen atoms in total. The second-order valence-corrected chi connectivity index (χ2v) is 4.24. The lowest BCUT2D eigenvalue weighted by Crippen LogP contribution is -2.52. The zero-order valence-corrected chi connectivity index (χ0v) is 8.75. The predicted octanol–water partition coefficient (Wildman–Crippen LogP) is 0.727. The number of unbranched alkanes of at least 4 members (excludes halogenated alkanes) is 1. The van der Waals surface area contributed by atoms with E-state index in [1.807, 2.05) is 0 Å². The third-order valence-electron chi connectivity index (χ3n) is 2.65. The number of aliphatic hydroxyl groups excluding tert-OH is 1. The van der Waals surface area contributed by atoms with Gasteiger partial charge in [-0.15, -0.1) is 0 Å². The zero-order valence-electron chi connectivity index (χ0n) is 8.75. The topological polar surface area (TPSA) is 32.7 Å². The van der Waals surface area contributed by atoms with Crippen LogP contribution in [-0.4, -0.2) is 50.0 Å². The fraction of sp³-hybridized carbons (Fsp3) is 1.00. The summed E-state index contributed by atoms with van der Waals surface area (Å²) in [6.45, 7) is 5.98. The highest BCUT2D eigenvalue weighted by atomic mass is 16.5. The summed E-state index contributed by atoms with van der Waals surface area (Å²) in [5.41, 5.74) is 0.0441. The van der Waals surface area contributed by atoms with E-state index in [0.29, 0.717) is 0 Å². The fourth-order valence-corrected chi connectivity index (χ4v) is 1.70. The molecule has 0 aromatic rings. The smallest absolute Gasteiger partial charge is 0.0579 e. The van der Waals surface area contributed by atoms with Crippen molar-refractivity contribution in [1.29, 1.82) is 0 Å². The summed E-state index contributed by atoms with van der Waals surface area (Å²) >= 11 is 0. The molecule has 1 aliphatic heterocycles. The van der Waals surface area contributed by atoms with Gasteiger partial charge in [-0.2, -0.15) is 0 Å². The minimum atomic E-state index is 0.0441. The Morgan fingerprint density at radius 1 is 1.46 bits per heavy atom. The zero-order chi connectivity index (χ0) is 9.73. The first-order valence-electron chi connectivity index (χ1n) is 5.09. The first kappa shape index (κ1) is 11.0. The molecule has 0 spiro atoms. The summed E-state index contributed by atoms with van der Waals surface area (Å²) in [6.07, 6.45) is 2.46. The number of hydrogen-bond donors (Lipinski definition) is 1. The molecule has 1 saturated heterocycles. The summed E-state index contributed by atoms with van der Waals surface area (Å²) in [4.78, 5) is 2.29. The SMILES string of the molecule is CCCCN(C)CC1(CO)COC1. The summed E-state index contributed by atoms with van der Waals surface area (Å²) in [6, 6.07) is 0. The van der Waals surface area contributed by atoms with Crippen LogP contribution in [-0.2, 0) is 4.74 Å². The minimum Gasteiger partial charge on any atom is -0.396 e. The molecule has 78 valence electrons. The maximum atomic E-state index is 9.20. The molecule has 1 fully saturated rings. The first-order chi connectivity index (χ1) is 6.22. The van der Waals surface area contributed by atoms with Gasteiger partial charge in [0, 0.05) is 6.54 Å². The minimum absolute atomic E-state index is 0.0441. The van der Waals surface area contributed by atoms with Crippen molar-refractivity contribution in [2.45, 2.75) is 19.8 Å². The third kappa shape index (κ3) is 2.93. The van der Waals surface area contributed by atoms with Crippen molar-refractivity contribution in [2.24, 2.45) is 5.41 Å². The number of aliphatic hydroxyl groups is 1. The number of ether oxygens (including phenoxy) is 1. The van der Waals surface area contributed by atoms with E-state index in [9.17, 15) is 5.11 Å². The van der Waals surface area contributed by atoms with Crippen molar-refractivity contribution in [3.8, 4) is 0 Å². The van der Waals surface area contributed by atoms with E-state index >= 15 is 0 Å². The Morgan fingerprint density at radius 2 is 2.15 bits per heavy atom. The summed E-state index contributed by atoms with van der Waals surface area (Å²) in [7, 11) is 2.12. The van der Waals surface area contributed by atoms with Gasteiger partial charge in [0.05, 0.1) is 25.2 Å². The third-order valence-corrected chi connectivity index (χ3v) is 2.65. The van der Waals surface area contributed by atoms with Crippen LogP contribution in [0, 0.1) is 5.41 Å². The van der Waals surface area contributed by atoms with E-state index in [4.69, 9.17) is 4.74 Å². The van der Waals surface area contributed by atoms with Crippen molar-refractivity contribution in [2.75, 3.05) is 40.0 Å². The molecule has 0 saturated carbocycles. The molecule has 0 aliphatic carbocycles. The van der Waals surface area contributed by atoms with E-state index in [0.717, 1.165) is 26.3 Å². The summed E-state index contributed by atoms with van der Waals surface area (Å²) in [5.74, 6) is 0. The molecule has 1 N–H and O–H groups in total. The Labute approximate surface area is 80.7 Å². The van der Waals surface area contributed by atoms with Crippen molar-refractivity contribution in [3.63, 3.8) is 0 Å². The van der Waals surface area contributed by atoms with Crippen molar-refractivity contribution >= 4 is 0 Å². The predicted molar refractivity (Wildman–Crippen MR) is 52.7 cm³/mol. The lowest BCUT2D eigenvalue weighted by atomic mass is 9.86. The highest BCUT2D eigenvalue weighted by molar-refractivity contribution is 4.87. The van der Waals surface area contributed by atoms with Crippen LogP contribution in [0.25, 0.3) is 0 Å². The highest BCUT2D eigenvalue weighted by Gasteiger charge is 2.38. The van der Waals surface area contributed by atoms with Gasteiger partial charge in [0.15, 0.2) is 0 Å². The van der Waals surface area contributed by atoms with Gasteiger partial charge in [-0.05, 0) is 20.0 Å². The van der Waals surface area contributed by atoms with Crippen LogP contribution >= 0.6 is 0 Å². The molecule has 0 bridgehead atoms. The monoisotopic (exact) mass is 187 g/mol. The average Bonchev–Trinajstić information content (AvgIpc) is 2.08. The summed E-state index contributed by atoms with van der Waals surface area (Å²) < 4.78 is 5.15. The maximum absolute atomic E-state index is 9.20. The van der Waals surface area contributed by atoms with E-state index < -0.39 is 0 Å². The van der Waals surface area contributed by atoms with E-state index in [1.54, 1.807) is 0 Å². The van der Waals surface area contributed by atoms with Crippen molar-refractivity contribution in [1.82, 2.24) is 4.90 Å². The van der Waals surface area contributed by atoms with Gasteiger partial charge < -0.3 is 14.7 Å². The Bertz CT molecular complexity index is 140. The van der Waals surface area contributed by atoms with Crippen molar-refractivity contribution in [3.05, 3.63) is 0 Å². The molecule has 0 aromatic heterocycles. The van der Waals surface area contributed by atoms with Crippen LogP contribution in [0.3, 0.4) is 0 Å². The van der Waals surface area contributed by atoms with Crippen molar-refractivity contribution < 1.29 is 9.84 Å². The number of nitrogens with zero attached hydrogens (tertiary/aromatic N) is 1. The van der Waals surface area contributed by atoms with E-state index in [2.05, 4.69) is 18.9 Å². The van der Waals surface area contributed by atoms with Gasteiger partial charge in [0.25, 0.3) is 0 Å². The van der Waals surface area contributed by atoms with E-state index in [1.165, 1.54) is 12.8 Å². The molecule has 0 atom stereocenters. The highest BCUT2D eigenvalue weighted by Crippen LogP contribution is 2.27. The van der Waals surface area contributed by atoms with Gasteiger partial charge in [-0.1, -0.05) is 13.3 Å². The molecule has 1 heterocycles. The van der Waals surface area contributed by atoms with Crippen LogP contribution in [0.1, 0.15) is 19.8 Å². The van der Waals surface area contributed by atoms with Crippen LogP contribution in [0.2, 0.25) is 0 Å². The standard InChI is InChI=1S/C10H21NO2/c1-3-4-5-11(2)6-10(7-12)8-13-9-10/h12H,3-9H2,1-2H3. The lowest BCUT2D eigenvalue weighted by molar-refractivity contribution is -0.146. The van der Waals surface area contributed by atoms with Crippen LogP contribution in [0.4, 0.5) is 0 Å². The maximum Gasteiger partial charge on any atom is 0.0579 e. The van der Waals surface area contributed by atoms with Gasteiger partial charge in [-0.25, -0.2) is 0 Å². The average molecular weight is 187 g/mol. The molecule has 1 rings (SSSR count). The molecule has 0 aromatic carbocycles. The molecular formula is C10H21NO2. The molecule has 1 aliphatic rings. The molecular weight excluding hydrogens is 166 g/mol. The Balaban J connectivity index is 2.21. The van der Waals surface area contributed by atoms with Gasteiger partial charge in [0.1, 0.15) is 0 Å². The lowest BCUT2D eigenvalue weighted by Gasteiger charge is -2.42. The molecule has 0 amide bonds. The summed E-state index contributed by atoms with van der Waals surface area (Å²) in [5, 5.41) is 9.20. The van der Waals surface area contributed by atoms with Gasteiger partial charge >= 0.3 is 0 Å². The quantitative estimate of drug-likeness (QED) is 0.665. The normalized spacial score (nSPS) is 20.3. The second-order valence-electron chi connectivity index (χ2n) is 4.24.